The summed E-state index contributed by atoms with van der Waals surface area (Å²) in [5.41, 5.74) is -1.19. The molecule has 0 saturated carbocycles. The van der Waals surface area contributed by atoms with Crippen LogP contribution in [0.25, 0.3) is 0 Å². The summed E-state index contributed by atoms with van der Waals surface area (Å²) in [6.07, 6.45) is -1.82. The van der Waals surface area contributed by atoms with Gasteiger partial charge < -0.3 is 9.84 Å². The van der Waals surface area contributed by atoms with E-state index in [1.165, 1.54) is 0 Å². The van der Waals surface area contributed by atoms with Gasteiger partial charge in [0.05, 0.1) is 18.2 Å². The van der Waals surface area contributed by atoms with Crippen LogP contribution in [0.4, 0.5) is 8.78 Å². The maximum absolute atomic E-state index is 12.5. The molecule has 0 aliphatic carbocycles. The van der Waals surface area contributed by atoms with Gasteiger partial charge in [0.1, 0.15) is 0 Å². The third kappa shape index (κ3) is 1.78. The highest BCUT2D eigenvalue weighted by Gasteiger charge is 2.23. The van der Waals surface area contributed by atoms with Gasteiger partial charge in [-0.3, -0.25) is 0 Å². The lowest BCUT2D eigenvalue weighted by molar-refractivity contribution is 0.0682. The van der Waals surface area contributed by atoms with Crippen LogP contribution in [0.3, 0.4) is 0 Å². The number of aromatic nitrogens is 1. The SMILES string of the molecule is COc1nccc(C(=O)O)c1C(F)F. The number of carbonyl (C=O) groups is 1. The largest absolute Gasteiger partial charge is 0.481 e. The number of aromatic carboxylic acids is 1. The second-order valence-corrected chi connectivity index (χ2v) is 2.39. The number of halogens is 2. The molecule has 1 rings (SSSR count). The Balaban J connectivity index is 3.35. The lowest BCUT2D eigenvalue weighted by Crippen LogP contribution is -2.06. The summed E-state index contributed by atoms with van der Waals surface area (Å²) in [5, 5.41) is 8.62. The molecule has 6 heteroatoms. The molecule has 0 aromatic carbocycles. The van der Waals surface area contributed by atoms with Crippen molar-refractivity contribution >= 4 is 5.97 Å². The van der Waals surface area contributed by atoms with Crippen LogP contribution in [-0.2, 0) is 0 Å². The average molecular weight is 203 g/mol. The highest BCUT2D eigenvalue weighted by molar-refractivity contribution is 5.90. The van der Waals surface area contributed by atoms with E-state index in [-0.39, 0.29) is 5.88 Å². The van der Waals surface area contributed by atoms with Crippen molar-refractivity contribution in [3.63, 3.8) is 0 Å². The normalized spacial score (nSPS) is 10.3. The van der Waals surface area contributed by atoms with Crippen molar-refractivity contribution in [2.75, 3.05) is 7.11 Å². The minimum absolute atomic E-state index is 0.361. The Kier molecular flexibility index (Phi) is 2.95. The van der Waals surface area contributed by atoms with Crippen LogP contribution in [0.5, 0.6) is 5.88 Å². The molecule has 1 heterocycles. The lowest BCUT2D eigenvalue weighted by atomic mass is 10.1. The minimum atomic E-state index is -2.93. The van der Waals surface area contributed by atoms with E-state index in [1.54, 1.807) is 0 Å². The van der Waals surface area contributed by atoms with Crippen molar-refractivity contribution in [1.82, 2.24) is 4.98 Å². The molecule has 0 fully saturated rings. The van der Waals surface area contributed by atoms with E-state index in [0.29, 0.717) is 0 Å². The molecule has 0 bridgehead atoms. The molecule has 1 aromatic heterocycles. The summed E-state index contributed by atoms with van der Waals surface area (Å²) in [6, 6.07) is 1.01. The first kappa shape index (κ1) is 10.4. The van der Waals surface area contributed by atoms with Gasteiger partial charge in [-0.05, 0) is 6.07 Å². The standard InChI is InChI=1S/C8H7F2NO3/c1-14-7-5(6(9)10)4(8(12)13)2-3-11-7/h2-3,6H,1H3,(H,12,13). The number of pyridine rings is 1. The van der Waals surface area contributed by atoms with Crippen LogP contribution in [0, 0.1) is 0 Å². The molecule has 14 heavy (non-hydrogen) atoms. The summed E-state index contributed by atoms with van der Waals surface area (Å²) in [7, 11) is 1.15. The number of carboxylic acid groups (broad SMARTS) is 1. The Morgan fingerprint density at radius 3 is 2.71 bits per heavy atom. The molecule has 0 spiro atoms. The first-order chi connectivity index (χ1) is 6.57. The molecule has 0 amide bonds. The van der Waals surface area contributed by atoms with Gasteiger partial charge in [-0.15, -0.1) is 0 Å². The third-order valence-corrected chi connectivity index (χ3v) is 1.60. The Morgan fingerprint density at radius 1 is 1.64 bits per heavy atom. The molecule has 0 aliphatic heterocycles. The Bertz CT molecular complexity index is 354. The summed E-state index contributed by atoms with van der Waals surface area (Å²) in [5.74, 6) is -1.79. The maximum atomic E-state index is 12.5. The first-order valence-corrected chi connectivity index (χ1v) is 3.62. The molecule has 0 unspecified atom stereocenters. The number of methoxy groups -OCH3 is 1. The predicted molar refractivity (Wildman–Crippen MR) is 42.7 cm³/mol. The van der Waals surface area contributed by atoms with Crippen LogP contribution in [0.15, 0.2) is 12.3 Å². The van der Waals surface area contributed by atoms with E-state index in [1.807, 2.05) is 0 Å². The molecule has 4 nitrogen and oxygen atoms in total. The third-order valence-electron chi connectivity index (χ3n) is 1.60. The summed E-state index contributed by atoms with van der Waals surface area (Å²) in [4.78, 5) is 14.1. The first-order valence-electron chi connectivity index (χ1n) is 3.62. The van der Waals surface area contributed by atoms with E-state index >= 15 is 0 Å². The topological polar surface area (TPSA) is 59.4 Å². The zero-order valence-electron chi connectivity index (χ0n) is 7.20. The highest BCUT2D eigenvalue weighted by Crippen LogP contribution is 2.30. The zero-order chi connectivity index (χ0) is 10.7. The summed E-state index contributed by atoms with van der Waals surface area (Å²) >= 11 is 0. The second kappa shape index (κ2) is 3.99. The number of carboxylic acids is 1. The molecule has 1 N–H and O–H groups in total. The highest BCUT2D eigenvalue weighted by atomic mass is 19.3. The second-order valence-electron chi connectivity index (χ2n) is 2.39. The van der Waals surface area contributed by atoms with Crippen molar-refractivity contribution in [1.29, 1.82) is 0 Å². The van der Waals surface area contributed by atoms with Crippen molar-refractivity contribution in [3.8, 4) is 5.88 Å². The van der Waals surface area contributed by atoms with Crippen molar-refractivity contribution in [2.24, 2.45) is 0 Å². The van der Waals surface area contributed by atoms with Gasteiger partial charge in [0.2, 0.25) is 5.88 Å². The van der Waals surface area contributed by atoms with Gasteiger partial charge in [-0.2, -0.15) is 0 Å². The number of hydrogen-bond donors (Lipinski definition) is 1. The monoisotopic (exact) mass is 203 g/mol. The molecule has 0 saturated heterocycles. The summed E-state index contributed by atoms with van der Waals surface area (Å²) in [6.45, 7) is 0. The molecular formula is C8H7F2NO3. The Labute approximate surface area is 78.1 Å². The van der Waals surface area contributed by atoms with E-state index < -0.39 is 23.5 Å². The molecule has 1 aromatic rings. The molecule has 0 aliphatic rings. The van der Waals surface area contributed by atoms with Crippen LogP contribution in [-0.4, -0.2) is 23.2 Å². The van der Waals surface area contributed by atoms with Crippen LogP contribution >= 0.6 is 0 Å². The number of ether oxygens (including phenoxy) is 1. The number of nitrogens with zero attached hydrogens (tertiary/aromatic N) is 1. The molecular weight excluding hydrogens is 196 g/mol. The van der Waals surface area contributed by atoms with E-state index in [9.17, 15) is 13.6 Å². The van der Waals surface area contributed by atoms with Crippen LogP contribution in [0.1, 0.15) is 22.3 Å². The van der Waals surface area contributed by atoms with E-state index in [2.05, 4.69) is 9.72 Å². The zero-order valence-corrected chi connectivity index (χ0v) is 7.20. The quantitative estimate of drug-likeness (QED) is 0.812. The van der Waals surface area contributed by atoms with Gasteiger partial charge in [0, 0.05) is 6.20 Å². The van der Waals surface area contributed by atoms with Crippen molar-refractivity contribution in [2.45, 2.75) is 6.43 Å². The predicted octanol–water partition coefficient (Wildman–Crippen LogP) is 1.73. The minimum Gasteiger partial charge on any atom is -0.481 e. The van der Waals surface area contributed by atoms with Gasteiger partial charge >= 0.3 is 5.97 Å². The van der Waals surface area contributed by atoms with Crippen molar-refractivity contribution < 1.29 is 23.4 Å². The molecule has 76 valence electrons. The maximum Gasteiger partial charge on any atom is 0.336 e. The number of alkyl halides is 2. The van der Waals surface area contributed by atoms with Gasteiger partial charge in [0.15, 0.2) is 0 Å². The molecule has 0 atom stereocenters. The number of hydrogen-bond acceptors (Lipinski definition) is 3. The van der Waals surface area contributed by atoms with Crippen LogP contribution in [0.2, 0.25) is 0 Å². The van der Waals surface area contributed by atoms with E-state index in [4.69, 9.17) is 5.11 Å². The van der Waals surface area contributed by atoms with Crippen molar-refractivity contribution in [3.05, 3.63) is 23.4 Å². The van der Waals surface area contributed by atoms with Crippen LogP contribution < -0.4 is 4.74 Å². The number of rotatable bonds is 3. The Hall–Kier alpha value is -1.72. The fourth-order valence-corrected chi connectivity index (χ4v) is 1.01. The summed E-state index contributed by atoms with van der Waals surface area (Å²) < 4.78 is 29.4. The lowest BCUT2D eigenvalue weighted by Gasteiger charge is -2.08. The fourth-order valence-electron chi connectivity index (χ4n) is 1.01. The molecule has 0 radical (unpaired) electrons. The smallest absolute Gasteiger partial charge is 0.336 e. The van der Waals surface area contributed by atoms with Gasteiger partial charge in [-0.1, -0.05) is 0 Å². The Morgan fingerprint density at radius 2 is 2.29 bits per heavy atom. The average Bonchev–Trinajstić information content (AvgIpc) is 2.16. The van der Waals surface area contributed by atoms with Gasteiger partial charge in [-0.25, -0.2) is 18.6 Å². The van der Waals surface area contributed by atoms with Gasteiger partial charge in [0.25, 0.3) is 6.43 Å². The van der Waals surface area contributed by atoms with E-state index in [0.717, 1.165) is 19.4 Å². The fraction of sp³-hybridized carbons (Fsp3) is 0.250.